The fourth-order valence-corrected chi connectivity index (χ4v) is 3.26. The minimum Gasteiger partial charge on any atom is -0.349 e. The smallest absolute Gasteiger partial charge is 0.255 e. The maximum Gasteiger partial charge on any atom is 0.255 e. The van der Waals surface area contributed by atoms with Crippen LogP contribution in [-0.4, -0.2) is 21.7 Å². The zero-order chi connectivity index (χ0) is 15.5. The third-order valence-electron chi connectivity index (χ3n) is 4.47. The Bertz CT molecular complexity index is 654. The number of amides is 1. The molecule has 1 N–H and O–H groups in total. The van der Waals surface area contributed by atoms with Gasteiger partial charge in [-0.25, -0.2) is 0 Å². The van der Waals surface area contributed by atoms with E-state index in [4.69, 9.17) is 0 Å². The Morgan fingerprint density at radius 3 is 2.59 bits per heavy atom. The lowest BCUT2D eigenvalue weighted by Crippen LogP contribution is -2.33. The molecule has 1 aromatic heterocycles. The van der Waals surface area contributed by atoms with E-state index >= 15 is 0 Å². The molecule has 1 amide bonds. The maximum atomic E-state index is 12.5. The molecular formula is C18H23N3O. The Morgan fingerprint density at radius 1 is 1.23 bits per heavy atom. The molecule has 1 saturated carbocycles. The molecule has 0 bridgehead atoms. The lowest BCUT2D eigenvalue weighted by molar-refractivity contribution is 0.0936. The van der Waals surface area contributed by atoms with E-state index < -0.39 is 0 Å². The fraction of sp³-hybridized carbons (Fsp3) is 0.444. The van der Waals surface area contributed by atoms with Crippen molar-refractivity contribution in [2.75, 3.05) is 0 Å². The summed E-state index contributed by atoms with van der Waals surface area (Å²) >= 11 is 0. The van der Waals surface area contributed by atoms with E-state index in [9.17, 15) is 4.79 Å². The van der Waals surface area contributed by atoms with Crippen LogP contribution in [-0.2, 0) is 6.54 Å². The molecule has 0 aliphatic heterocycles. The van der Waals surface area contributed by atoms with Crippen molar-refractivity contribution in [3.8, 4) is 0 Å². The van der Waals surface area contributed by atoms with Crippen molar-refractivity contribution in [3.63, 3.8) is 0 Å². The number of rotatable bonds is 4. The first-order valence-corrected chi connectivity index (χ1v) is 8.04. The van der Waals surface area contributed by atoms with Crippen LogP contribution in [0.25, 0.3) is 0 Å². The second kappa shape index (κ2) is 6.34. The van der Waals surface area contributed by atoms with Crippen molar-refractivity contribution in [2.24, 2.45) is 0 Å². The van der Waals surface area contributed by atoms with E-state index in [0.29, 0.717) is 12.6 Å². The molecule has 0 saturated heterocycles. The Kier molecular flexibility index (Phi) is 4.27. The van der Waals surface area contributed by atoms with E-state index in [0.717, 1.165) is 29.8 Å². The quantitative estimate of drug-likeness (QED) is 0.942. The molecule has 1 fully saturated rings. The standard InChI is InChI=1S/C18H23N3O/c1-13-17(18(22)19-16-10-6-7-11-16)14(2)21(20-13)12-15-8-4-3-5-9-15/h3-5,8-9,16H,6-7,10-12H2,1-2H3,(H,19,22). The zero-order valence-electron chi connectivity index (χ0n) is 13.3. The van der Waals surface area contributed by atoms with Crippen molar-refractivity contribution in [1.29, 1.82) is 0 Å². The first kappa shape index (κ1) is 14.8. The second-order valence-corrected chi connectivity index (χ2v) is 6.14. The minimum atomic E-state index is 0.0289. The normalized spacial score (nSPS) is 15.2. The first-order valence-electron chi connectivity index (χ1n) is 8.04. The lowest BCUT2D eigenvalue weighted by Gasteiger charge is -2.12. The van der Waals surface area contributed by atoms with E-state index in [1.807, 2.05) is 36.7 Å². The summed E-state index contributed by atoms with van der Waals surface area (Å²) in [4.78, 5) is 12.5. The van der Waals surface area contributed by atoms with Crippen LogP contribution in [0.1, 0.15) is 53.0 Å². The summed E-state index contributed by atoms with van der Waals surface area (Å²) in [5, 5.41) is 7.72. The molecular weight excluding hydrogens is 274 g/mol. The summed E-state index contributed by atoms with van der Waals surface area (Å²) in [7, 11) is 0. The van der Waals surface area contributed by atoms with Gasteiger partial charge in [-0.2, -0.15) is 5.10 Å². The monoisotopic (exact) mass is 297 g/mol. The number of nitrogens with zero attached hydrogens (tertiary/aromatic N) is 2. The minimum absolute atomic E-state index is 0.0289. The molecule has 1 aliphatic carbocycles. The van der Waals surface area contributed by atoms with Gasteiger partial charge in [-0.15, -0.1) is 0 Å². The number of aromatic nitrogens is 2. The molecule has 1 heterocycles. The molecule has 2 aromatic rings. The molecule has 116 valence electrons. The van der Waals surface area contributed by atoms with Crippen molar-refractivity contribution in [1.82, 2.24) is 15.1 Å². The highest BCUT2D eigenvalue weighted by molar-refractivity contribution is 5.96. The van der Waals surface area contributed by atoms with Crippen LogP contribution in [0.15, 0.2) is 30.3 Å². The Morgan fingerprint density at radius 2 is 1.91 bits per heavy atom. The molecule has 0 atom stereocenters. The SMILES string of the molecule is Cc1nn(Cc2ccccc2)c(C)c1C(=O)NC1CCCC1. The summed E-state index contributed by atoms with van der Waals surface area (Å²) in [5.41, 5.74) is 3.68. The van der Waals surface area contributed by atoms with Gasteiger partial charge in [-0.1, -0.05) is 43.2 Å². The van der Waals surface area contributed by atoms with Crippen LogP contribution < -0.4 is 5.32 Å². The van der Waals surface area contributed by atoms with Crippen molar-refractivity contribution in [2.45, 2.75) is 52.1 Å². The van der Waals surface area contributed by atoms with Gasteiger partial charge >= 0.3 is 0 Å². The van der Waals surface area contributed by atoms with Gasteiger partial charge in [-0.3, -0.25) is 9.48 Å². The molecule has 4 nitrogen and oxygen atoms in total. The van der Waals surface area contributed by atoms with Crippen LogP contribution in [0.2, 0.25) is 0 Å². The molecule has 0 spiro atoms. The highest BCUT2D eigenvalue weighted by Gasteiger charge is 2.23. The van der Waals surface area contributed by atoms with E-state index in [1.165, 1.54) is 18.4 Å². The summed E-state index contributed by atoms with van der Waals surface area (Å²) in [6, 6.07) is 10.5. The van der Waals surface area contributed by atoms with E-state index in [1.54, 1.807) is 0 Å². The number of carbonyl (C=O) groups excluding carboxylic acids is 1. The Labute approximate surface area is 131 Å². The van der Waals surface area contributed by atoms with Crippen molar-refractivity contribution >= 4 is 5.91 Å². The largest absolute Gasteiger partial charge is 0.349 e. The number of hydrogen-bond acceptors (Lipinski definition) is 2. The summed E-state index contributed by atoms with van der Waals surface area (Å²) in [6.45, 7) is 4.59. The fourth-order valence-electron chi connectivity index (χ4n) is 3.26. The molecule has 22 heavy (non-hydrogen) atoms. The highest BCUT2D eigenvalue weighted by atomic mass is 16.1. The molecule has 3 rings (SSSR count). The predicted octanol–water partition coefficient (Wildman–Crippen LogP) is 3.22. The van der Waals surface area contributed by atoms with Crippen LogP contribution in [0.3, 0.4) is 0 Å². The predicted molar refractivity (Wildman–Crippen MR) is 87.0 cm³/mol. The molecule has 1 aliphatic rings. The number of benzene rings is 1. The summed E-state index contributed by atoms with van der Waals surface area (Å²) in [6.07, 6.45) is 4.64. The van der Waals surface area contributed by atoms with Crippen LogP contribution in [0.4, 0.5) is 0 Å². The van der Waals surface area contributed by atoms with Gasteiger partial charge in [0.2, 0.25) is 0 Å². The van der Waals surface area contributed by atoms with E-state index in [2.05, 4.69) is 22.5 Å². The molecule has 4 heteroatoms. The summed E-state index contributed by atoms with van der Waals surface area (Å²) in [5.74, 6) is 0.0289. The number of carbonyl (C=O) groups is 1. The van der Waals surface area contributed by atoms with Gasteiger partial charge in [0.25, 0.3) is 5.91 Å². The molecule has 1 aromatic carbocycles. The average Bonchev–Trinajstić information content (AvgIpc) is 3.09. The number of aryl methyl sites for hydroxylation is 1. The van der Waals surface area contributed by atoms with Crippen LogP contribution in [0.5, 0.6) is 0 Å². The van der Waals surface area contributed by atoms with Crippen LogP contribution >= 0.6 is 0 Å². The third-order valence-corrected chi connectivity index (χ3v) is 4.47. The van der Waals surface area contributed by atoms with Gasteiger partial charge in [0, 0.05) is 11.7 Å². The lowest BCUT2D eigenvalue weighted by atomic mass is 10.1. The summed E-state index contributed by atoms with van der Waals surface area (Å²) < 4.78 is 1.92. The first-order chi connectivity index (χ1) is 10.6. The Balaban J connectivity index is 1.78. The number of hydrogen-bond donors (Lipinski definition) is 1. The molecule has 0 unspecified atom stereocenters. The van der Waals surface area contributed by atoms with Crippen molar-refractivity contribution < 1.29 is 4.79 Å². The number of nitrogens with one attached hydrogen (secondary N) is 1. The highest BCUT2D eigenvalue weighted by Crippen LogP contribution is 2.20. The van der Waals surface area contributed by atoms with Crippen LogP contribution in [0, 0.1) is 13.8 Å². The Hall–Kier alpha value is -2.10. The topological polar surface area (TPSA) is 46.9 Å². The van der Waals surface area contributed by atoms with Gasteiger partial charge < -0.3 is 5.32 Å². The van der Waals surface area contributed by atoms with Gasteiger partial charge in [0.05, 0.1) is 17.8 Å². The van der Waals surface area contributed by atoms with Crippen molar-refractivity contribution in [3.05, 3.63) is 52.8 Å². The molecule has 0 radical (unpaired) electrons. The third kappa shape index (κ3) is 3.06. The second-order valence-electron chi connectivity index (χ2n) is 6.14. The van der Waals surface area contributed by atoms with Gasteiger partial charge in [0.15, 0.2) is 0 Å². The van der Waals surface area contributed by atoms with Gasteiger partial charge in [-0.05, 0) is 32.3 Å². The van der Waals surface area contributed by atoms with E-state index in [-0.39, 0.29) is 5.91 Å². The maximum absolute atomic E-state index is 12.5. The van der Waals surface area contributed by atoms with Gasteiger partial charge in [0.1, 0.15) is 0 Å². The average molecular weight is 297 g/mol. The zero-order valence-corrected chi connectivity index (χ0v) is 13.3.